The first-order chi connectivity index (χ1) is 12.8. The highest BCUT2D eigenvalue weighted by Crippen LogP contribution is 2.31. The lowest BCUT2D eigenvalue weighted by Gasteiger charge is -2.10. The lowest BCUT2D eigenvalue weighted by Crippen LogP contribution is -2.15. The molecule has 0 aliphatic rings. The molecule has 3 rings (SSSR count). The fraction of sp³-hybridized carbons (Fsp3) is 0.167. The molecule has 3 aromatic rings. The van der Waals surface area contributed by atoms with Gasteiger partial charge in [-0.2, -0.15) is 13.2 Å². The number of aromatic nitrogens is 3. The molecule has 0 fully saturated rings. The average molecular weight is 376 g/mol. The predicted molar refractivity (Wildman–Crippen MR) is 92.0 cm³/mol. The number of benzene rings is 2. The first-order valence-electron chi connectivity index (χ1n) is 7.85. The van der Waals surface area contributed by atoms with E-state index in [0.29, 0.717) is 17.1 Å². The van der Waals surface area contributed by atoms with Gasteiger partial charge in [-0.25, -0.2) is 4.68 Å². The van der Waals surface area contributed by atoms with Crippen LogP contribution in [0.3, 0.4) is 0 Å². The molecule has 6 nitrogen and oxygen atoms in total. The lowest BCUT2D eigenvalue weighted by atomic mass is 10.2. The highest BCUT2D eigenvalue weighted by molar-refractivity contribution is 6.03. The SMILES string of the molecule is COc1ccccc1-n1nnc(C(=O)Nc2cccc(C(F)(F)F)c2)c1C. The maximum atomic E-state index is 12.8. The summed E-state index contributed by atoms with van der Waals surface area (Å²) in [6.45, 7) is 1.63. The molecular weight excluding hydrogens is 361 g/mol. The molecule has 0 saturated heterocycles. The second-order valence-electron chi connectivity index (χ2n) is 5.64. The van der Waals surface area contributed by atoms with E-state index in [0.717, 1.165) is 12.1 Å². The van der Waals surface area contributed by atoms with Gasteiger partial charge in [0.05, 0.1) is 18.4 Å². The fourth-order valence-electron chi connectivity index (χ4n) is 2.54. The molecule has 0 aliphatic carbocycles. The van der Waals surface area contributed by atoms with E-state index in [4.69, 9.17) is 4.74 Å². The van der Waals surface area contributed by atoms with Gasteiger partial charge in [0.2, 0.25) is 0 Å². The van der Waals surface area contributed by atoms with Crippen LogP contribution in [0.4, 0.5) is 18.9 Å². The topological polar surface area (TPSA) is 69.0 Å². The largest absolute Gasteiger partial charge is 0.494 e. The molecule has 1 heterocycles. The molecular formula is C18H15F3N4O2. The zero-order valence-corrected chi connectivity index (χ0v) is 14.4. The standard InChI is InChI=1S/C18H15F3N4O2/c1-11-16(23-24-25(11)14-8-3-4-9-15(14)27-2)17(26)22-13-7-5-6-12(10-13)18(19,20)21/h3-10H,1-2H3,(H,22,26). The van der Waals surface area contributed by atoms with Gasteiger partial charge < -0.3 is 10.1 Å². The molecule has 0 saturated carbocycles. The van der Waals surface area contributed by atoms with Crippen LogP contribution in [0.5, 0.6) is 5.75 Å². The molecule has 2 aromatic carbocycles. The number of ether oxygens (including phenoxy) is 1. The van der Waals surface area contributed by atoms with Crippen LogP contribution in [0.1, 0.15) is 21.7 Å². The Morgan fingerprint density at radius 2 is 1.89 bits per heavy atom. The Hall–Kier alpha value is -3.36. The monoisotopic (exact) mass is 376 g/mol. The second kappa shape index (κ2) is 7.10. The van der Waals surface area contributed by atoms with E-state index in [1.807, 2.05) is 0 Å². The van der Waals surface area contributed by atoms with Gasteiger partial charge in [0.25, 0.3) is 5.91 Å². The number of para-hydroxylation sites is 2. The van der Waals surface area contributed by atoms with Gasteiger partial charge in [-0.05, 0) is 37.3 Å². The van der Waals surface area contributed by atoms with E-state index in [-0.39, 0.29) is 11.4 Å². The van der Waals surface area contributed by atoms with Gasteiger partial charge >= 0.3 is 6.18 Å². The molecule has 0 bridgehead atoms. The smallest absolute Gasteiger partial charge is 0.416 e. The van der Waals surface area contributed by atoms with E-state index >= 15 is 0 Å². The summed E-state index contributed by atoms with van der Waals surface area (Å²) in [4.78, 5) is 12.5. The van der Waals surface area contributed by atoms with Gasteiger partial charge in [-0.1, -0.05) is 23.4 Å². The number of hydrogen-bond donors (Lipinski definition) is 1. The van der Waals surface area contributed by atoms with Crippen molar-refractivity contribution in [2.45, 2.75) is 13.1 Å². The van der Waals surface area contributed by atoms with Crippen molar-refractivity contribution in [1.82, 2.24) is 15.0 Å². The minimum atomic E-state index is -4.50. The number of anilines is 1. The number of rotatable bonds is 4. The molecule has 0 atom stereocenters. The van der Waals surface area contributed by atoms with Gasteiger partial charge in [0, 0.05) is 5.69 Å². The summed E-state index contributed by atoms with van der Waals surface area (Å²) in [5, 5.41) is 10.2. The number of carbonyl (C=O) groups excluding carboxylic acids is 1. The molecule has 1 N–H and O–H groups in total. The van der Waals surface area contributed by atoms with Crippen molar-refractivity contribution in [2.24, 2.45) is 0 Å². The van der Waals surface area contributed by atoms with E-state index in [2.05, 4.69) is 15.6 Å². The number of amides is 1. The molecule has 0 aliphatic heterocycles. The summed E-state index contributed by atoms with van der Waals surface area (Å²) in [7, 11) is 1.51. The maximum absolute atomic E-state index is 12.8. The molecule has 0 unspecified atom stereocenters. The summed E-state index contributed by atoms with van der Waals surface area (Å²) >= 11 is 0. The third kappa shape index (κ3) is 3.76. The summed E-state index contributed by atoms with van der Waals surface area (Å²) in [5.74, 6) is -0.122. The highest BCUT2D eigenvalue weighted by Gasteiger charge is 2.30. The number of nitrogens with one attached hydrogen (secondary N) is 1. The van der Waals surface area contributed by atoms with Crippen molar-refractivity contribution in [2.75, 3.05) is 12.4 Å². The molecule has 9 heteroatoms. The number of carbonyl (C=O) groups is 1. The maximum Gasteiger partial charge on any atom is 0.416 e. The van der Waals surface area contributed by atoms with E-state index in [1.165, 1.54) is 23.9 Å². The zero-order valence-electron chi connectivity index (χ0n) is 14.4. The number of halogens is 3. The Kier molecular flexibility index (Phi) is 4.85. The third-order valence-electron chi connectivity index (χ3n) is 3.87. The Bertz CT molecular complexity index is 983. The highest BCUT2D eigenvalue weighted by atomic mass is 19.4. The quantitative estimate of drug-likeness (QED) is 0.751. The predicted octanol–water partition coefficient (Wildman–Crippen LogP) is 3.86. The van der Waals surface area contributed by atoms with Crippen LogP contribution < -0.4 is 10.1 Å². The summed E-state index contributed by atoms with van der Waals surface area (Å²) in [6, 6.07) is 11.4. The van der Waals surface area contributed by atoms with Crippen molar-refractivity contribution >= 4 is 11.6 Å². The zero-order chi connectivity index (χ0) is 19.6. The van der Waals surface area contributed by atoms with Gasteiger partial charge in [-0.3, -0.25) is 4.79 Å². The Labute approximate surface area is 152 Å². The van der Waals surface area contributed by atoms with Crippen LogP contribution in [0.25, 0.3) is 5.69 Å². The Morgan fingerprint density at radius 1 is 1.15 bits per heavy atom. The van der Waals surface area contributed by atoms with Crippen molar-refractivity contribution in [3.63, 3.8) is 0 Å². The van der Waals surface area contributed by atoms with Crippen molar-refractivity contribution in [3.8, 4) is 11.4 Å². The minimum Gasteiger partial charge on any atom is -0.494 e. The van der Waals surface area contributed by atoms with Crippen LogP contribution in [0.15, 0.2) is 48.5 Å². The molecule has 1 aromatic heterocycles. The van der Waals surface area contributed by atoms with Crippen LogP contribution in [0, 0.1) is 6.92 Å². The average Bonchev–Trinajstić information content (AvgIpc) is 3.02. The Balaban J connectivity index is 1.88. The van der Waals surface area contributed by atoms with Crippen LogP contribution >= 0.6 is 0 Å². The van der Waals surface area contributed by atoms with Crippen LogP contribution in [-0.2, 0) is 6.18 Å². The Morgan fingerprint density at radius 3 is 2.59 bits per heavy atom. The lowest BCUT2D eigenvalue weighted by molar-refractivity contribution is -0.137. The number of alkyl halides is 3. The molecule has 140 valence electrons. The minimum absolute atomic E-state index is 0.00156. The van der Waals surface area contributed by atoms with Crippen LogP contribution in [0.2, 0.25) is 0 Å². The van der Waals surface area contributed by atoms with Gasteiger partial charge in [-0.15, -0.1) is 5.10 Å². The van der Waals surface area contributed by atoms with Crippen molar-refractivity contribution < 1.29 is 22.7 Å². The summed E-state index contributed by atoms with van der Waals surface area (Å²) in [5.41, 5.74) is 0.168. The molecule has 0 radical (unpaired) electrons. The van der Waals surface area contributed by atoms with E-state index < -0.39 is 17.6 Å². The second-order valence-corrected chi connectivity index (χ2v) is 5.64. The van der Waals surface area contributed by atoms with Crippen LogP contribution in [-0.4, -0.2) is 28.0 Å². The summed E-state index contributed by atoms with van der Waals surface area (Å²) in [6.07, 6.45) is -4.50. The number of methoxy groups -OCH3 is 1. The molecule has 27 heavy (non-hydrogen) atoms. The normalized spacial score (nSPS) is 11.3. The summed E-state index contributed by atoms with van der Waals surface area (Å²) < 4.78 is 45.1. The number of hydrogen-bond acceptors (Lipinski definition) is 4. The van der Waals surface area contributed by atoms with E-state index in [1.54, 1.807) is 31.2 Å². The fourth-order valence-corrected chi connectivity index (χ4v) is 2.54. The van der Waals surface area contributed by atoms with Gasteiger partial charge in [0.15, 0.2) is 5.69 Å². The van der Waals surface area contributed by atoms with E-state index in [9.17, 15) is 18.0 Å². The van der Waals surface area contributed by atoms with Crippen molar-refractivity contribution in [3.05, 3.63) is 65.5 Å². The van der Waals surface area contributed by atoms with Crippen molar-refractivity contribution in [1.29, 1.82) is 0 Å². The third-order valence-corrected chi connectivity index (χ3v) is 3.87. The van der Waals surface area contributed by atoms with Gasteiger partial charge in [0.1, 0.15) is 11.4 Å². The first kappa shape index (κ1) is 18.4. The molecule has 0 spiro atoms. The first-order valence-corrected chi connectivity index (χ1v) is 7.85. The number of nitrogens with zero attached hydrogens (tertiary/aromatic N) is 3. The molecule has 1 amide bonds.